The molecule has 112 valence electrons. The molecule has 1 atom stereocenters. The first-order chi connectivity index (χ1) is 10.7. The van der Waals surface area contributed by atoms with Crippen molar-refractivity contribution in [2.24, 2.45) is 5.92 Å². The van der Waals surface area contributed by atoms with Crippen molar-refractivity contribution < 1.29 is 0 Å². The maximum atomic E-state index is 2.46. The van der Waals surface area contributed by atoms with Crippen LogP contribution in [-0.2, 0) is 5.41 Å². The minimum Gasteiger partial charge on any atom is -0.0761 e. The maximum absolute atomic E-state index is 2.46. The fourth-order valence-corrected chi connectivity index (χ4v) is 3.50. The van der Waals surface area contributed by atoms with Crippen molar-refractivity contribution in [3.8, 4) is 0 Å². The lowest BCUT2D eigenvalue weighted by molar-refractivity contribution is 0.487. The molecular weight excluding hydrogens is 264 g/mol. The van der Waals surface area contributed by atoms with Gasteiger partial charge < -0.3 is 0 Å². The summed E-state index contributed by atoms with van der Waals surface area (Å²) in [6, 6.07) is 21.8. The van der Waals surface area contributed by atoms with Gasteiger partial charge in [-0.2, -0.15) is 0 Å². The summed E-state index contributed by atoms with van der Waals surface area (Å²) in [6.45, 7) is 4.62. The van der Waals surface area contributed by atoms with Gasteiger partial charge in [0.05, 0.1) is 0 Å². The van der Waals surface area contributed by atoms with Gasteiger partial charge in [0.1, 0.15) is 0 Å². The second-order valence-corrected chi connectivity index (χ2v) is 6.31. The van der Waals surface area contributed by atoms with Gasteiger partial charge in [-0.05, 0) is 17.5 Å². The molecule has 1 aliphatic rings. The molecule has 22 heavy (non-hydrogen) atoms. The zero-order chi connectivity index (χ0) is 15.4. The Balaban J connectivity index is 2.08. The second-order valence-electron chi connectivity index (χ2n) is 6.31. The molecule has 0 aromatic heterocycles. The van der Waals surface area contributed by atoms with Gasteiger partial charge in [-0.15, -0.1) is 0 Å². The largest absolute Gasteiger partial charge is 0.0761 e. The molecule has 0 saturated carbocycles. The van der Waals surface area contributed by atoms with E-state index in [-0.39, 0.29) is 5.41 Å². The third kappa shape index (κ3) is 2.66. The minimum atomic E-state index is -0.0193. The summed E-state index contributed by atoms with van der Waals surface area (Å²) >= 11 is 0. The van der Waals surface area contributed by atoms with Crippen molar-refractivity contribution in [3.05, 3.63) is 95.6 Å². The van der Waals surface area contributed by atoms with Gasteiger partial charge >= 0.3 is 0 Å². The predicted octanol–water partition coefficient (Wildman–Crippen LogP) is 5.91. The van der Waals surface area contributed by atoms with E-state index in [9.17, 15) is 0 Å². The zero-order valence-corrected chi connectivity index (χ0v) is 13.5. The first kappa shape index (κ1) is 14.8. The molecule has 0 fully saturated rings. The molecule has 0 spiro atoms. The number of hydrogen-bond acceptors (Lipinski definition) is 0. The minimum absolute atomic E-state index is 0.0193. The van der Waals surface area contributed by atoms with Crippen LogP contribution in [0.1, 0.15) is 37.8 Å². The summed E-state index contributed by atoms with van der Waals surface area (Å²) in [5.41, 5.74) is 4.22. The smallest absolute Gasteiger partial charge is 0.0272 e. The topological polar surface area (TPSA) is 0 Å². The molecule has 2 aromatic carbocycles. The van der Waals surface area contributed by atoms with E-state index in [1.54, 1.807) is 0 Å². The van der Waals surface area contributed by atoms with E-state index in [1.165, 1.54) is 29.5 Å². The maximum Gasteiger partial charge on any atom is 0.0272 e. The Kier molecular flexibility index (Phi) is 4.29. The van der Waals surface area contributed by atoms with Crippen molar-refractivity contribution in [1.82, 2.24) is 0 Å². The molecular formula is C22H24. The van der Waals surface area contributed by atoms with Crippen molar-refractivity contribution >= 4 is 0 Å². The van der Waals surface area contributed by atoms with E-state index in [0.717, 1.165) is 0 Å². The summed E-state index contributed by atoms with van der Waals surface area (Å²) in [7, 11) is 0. The Morgan fingerprint density at radius 2 is 1.41 bits per heavy atom. The average molecular weight is 288 g/mol. The molecule has 1 unspecified atom stereocenters. The Labute approximate surface area is 134 Å². The standard InChI is InChI=1S/C22H24/c1-3-10-18-15-16-21(17-18)22(2,19-11-6-4-7-12-19)20-13-8-5-9-14-20/h4-9,11-17,21H,3,10H2,1-2H3. The highest BCUT2D eigenvalue weighted by atomic mass is 14.4. The van der Waals surface area contributed by atoms with Crippen LogP contribution in [0.15, 0.2) is 84.5 Å². The molecule has 0 heterocycles. The van der Waals surface area contributed by atoms with Crippen molar-refractivity contribution in [1.29, 1.82) is 0 Å². The van der Waals surface area contributed by atoms with E-state index in [4.69, 9.17) is 0 Å². The lowest BCUT2D eigenvalue weighted by Gasteiger charge is -2.35. The molecule has 3 rings (SSSR count). The van der Waals surface area contributed by atoms with Crippen molar-refractivity contribution in [3.63, 3.8) is 0 Å². The van der Waals surface area contributed by atoms with Crippen LogP contribution in [0.5, 0.6) is 0 Å². The van der Waals surface area contributed by atoms with E-state index >= 15 is 0 Å². The molecule has 2 aromatic rings. The molecule has 1 aliphatic carbocycles. The van der Waals surface area contributed by atoms with Gasteiger partial charge in [0.2, 0.25) is 0 Å². The van der Waals surface area contributed by atoms with Gasteiger partial charge in [0, 0.05) is 11.3 Å². The van der Waals surface area contributed by atoms with Crippen LogP contribution in [0.4, 0.5) is 0 Å². The van der Waals surface area contributed by atoms with E-state index in [2.05, 4.69) is 92.7 Å². The van der Waals surface area contributed by atoms with Crippen LogP contribution in [-0.4, -0.2) is 0 Å². The Morgan fingerprint density at radius 1 is 0.864 bits per heavy atom. The molecule has 0 radical (unpaired) electrons. The predicted molar refractivity (Wildman–Crippen MR) is 95.0 cm³/mol. The lowest BCUT2D eigenvalue weighted by Crippen LogP contribution is -2.30. The molecule has 0 amide bonds. The normalized spacial score (nSPS) is 17.5. The van der Waals surface area contributed by atoms with Crippen LogP contribution < -0.4 is 0 Å². The Bertz CT molecular complexity index is 622. The summed E-state index contributed by atoms with van der Waals surface area (Å²) in [6.07, 6.45) is 9.54. The highest BCUT2D eigenvalue weighted by Gasteiger charge is 2.36. The van der Waals surface area contributed by atoms with Crippen molar-refractivity contribution in [2.75, 3.05) is 0 Å². The average Bonchev–Trinajstić information content (AvgIpc) is 3.05. The highest BCUT2D eigenvalue weighted by molar-refractivity contribution is 5.45. The third-order valence-electron chi connectivity index (χ3n) is 4.86. The number of rotatable bonds is 5. The van der Waals surface area contributed by atoms with Crippen LogP contribution in [0.3, 0.4) is 0 Å². The van der Waals surface area contributed by atoms with Crippen LogP contribution >= 0.6 is 0 Å². The summed E-state index contributed by atoms with van der Waals surface area (Å²) < 4.78 is 0. The van der Waals surface area contributed by atoms with Gasteiger partial charge in [0.25, 0.3) is 0 Å². The quantitative estimate of drug-likeness (QED) is 0.642. The Morgan fingerprint density at radius 3 is 1.91 bits per heavy atom. The summed E-state index contributed by atoms with van der Waals surface area (Å²) in [4.78, 5) is 0. The monoisotopic (exact) mass is 288 g/mol. The lowest BCUT2D eigenvalue weighted by atomic mass is 9.67. The van der Waals surface area contributed by atoms with Gasteiger partial charge in [0.15, 0.2) is 0 Å². The number of hydrogen-bond donors (Lipinski definition) is 0. The number of allylic oxidation sites excluding steroid dienone is 4. The van der Waals surface area contributed by atoms with E-state index < -0.39 is 0 Å². The first-order valence-electron chi connectivity index (χ1n) is 8.25. The van der Waals surface area contributed by atoms with Crippen molar-refractivity contribution in [2.45, 2.75) is 32.1 Å². The summed E-state index contributed by atoms with van der Waals surface area (Å²) in [5.74, 6) is 0.416. The van der Waals surface area contributed by atoms with Gasteiger partial charge in [-0.3, -0.25) is 0 Å². The molecule has 0 N–H and O–H groups in total. The highest BCUT2D eigenvalue weighted by Crippen LogP contribution is 2.43. The van der Waals surface area contributed by atoms with Gasteiger partial charge in [-0.1, -0.05) is 105 Å². The SMILES string of the molecule is CCCC1=CC(C(C)(c2ccccc2)c2ccccc2)C=C1. The number of benzene rings is 2. The third-order valence-corrected chi connectivity index (χ3v) is 4.86. The first-order valence-corrected chi connectivity index (χ1v) is 8.25. The summed E-state index contributed by atoms with van der Waals surface area (Å²) in [5, 5.41) is 0. The van der Waals surface area contributed by atoms with Gasteiger partial charge in [-0.25, -0.2) is 0 Å². The molecule has 0 aliphatic heterocycles. The fourth-order valence-electron chi connectivity index (χ4n) is 3.50. The molecule has 0 bridgehead atoms. The Hall–Kier alpha value is -2.08. The van der Waals surface area contributed by atoms with E-state index in [0.29, 0.717) is 5.92 Å². The van der Waals surface area contributed by atoms with E-state index in [1.807, 2.05) is 0 Å². The molecule has 0 heteroatoms. The second kappa shape index (κ2) is 6.36. The molecule has 0 saturated heterocycles. The molecule has 0 nitrogen and oxygen atoms in total. The zero-order valence-electron chi connectivity index (χ0n) is 13.5. The van der Waals surface area contributed by atoms with Crippen LogP contribution in [0.2, 0.25) is 0 Å². The van der Waals surface area contributed by atoms with Crippen LogP contribution in [0, 0.1) is 5.92 Å². The van der Waals surface area contributed by atoms with Crippen LogP contribution in [0.25, 0.3) is 0 Å². The fraction of sp³-hybridized carbons (Fsp3) is 0.273.